The van der Waals surface area contributed by atoms with Crippen LogP contribution in [0.2, 0.25) is 0 Å². The molecule has 3 rings (SSSR count). The van der Waals surface area contributed by atoms with E-state index in [2.05, 4.69) is 5.32 Å². The van der Waals surface area contributed by atoms with Crippen LogP contribution in [0, 0.1) is 6.92 Å². The van der Waals surface area contributed by atoms with E-state index in [0.29, 0.717) is 17.9 Å². The monoisotopic (exact) mass is 391 g/mol. The van der Waals surface area contributed by atoms with Gasteiger partial charge in [-0.2, -0.15) is 0 Å². The maximum Gasteiger partial charge on any atom is 0.251 e. The van der Waals surface area contributed by atoms with Crippen molar-refractivity contribution in [3.8, 4) is 11.5 Å². The fraction of sp³-hybridized carbons (Fsp3) is 0.208. The Hall–Kier alpha value is -3.15. The van der Waals surface area contributed by atoms with Crippen LogP contribution in [0.25, 0.3) is 0 Å². The van der Waals surface area contributed by atoms with E-state index in [0.717, 1.165) is 16.9 Å². The van der Waals surface area contributed by atoms with Crippen molar-refractivity contribution in [2.75, 3.05) is 19.8 Å². The maximum absolute atomic E-state index is 12.5. The summed E-state index contributed by atoms with van der Waals surface area (Å²) in [4.78, 5) is 12.5. The lowest BCUT2D eigenvalue weighted by Gasteiger charge is -2.19. The van der Waals surface area contributed by atoms with Crippen molar-refractivity contribution in [2.45, 2.75) is 13.0 Å². The number of rotatable bonds is 9. The van der Waals surface area contributed by atoms with Crippen LogP contribution in [-0.4, -0.2) is 30.8 Å². The van der Waals surface area contributed by atoms with Gasteiger partial charge in [-0.1, -0.05) is 48.0 Å². The van der Waals surface area contributed by atoms with Gasteiger partial charge in [-0.05, 0) is 48.9 Å². The Morgan fingerprint density at radius 3 is 2.24 bits per heavy atom. The number of aliphatic hydroxyl groups is 1. The average molecular weight is 391 g/mol. The summed E-state index contributed by atoms with van der Waals surface area (Å²) in [5, 5.41) is 12.0. The van der Waals surface area contributed by atoms with Gasteiger partial charge < -0.3 is 19.9 Å². The maximum atomic E-state index is 12.5. The van der Waals surface area contributed by atoms with Crippen molar-refractivity contribution in [3.05, 3.63) is 95.6 Å². The fourth-order valence-corrected chi connectivity index (χ4v) is 2.84. The number of carbonyl (C=O) groups is 1. The molecule has 150 valence electrons. The molecule has 3 aromatic rings. The summed E-state index contributed by atoms with van der Waals surface area (Å²) < 4.78 is 11.5. The van der Waals surface area contributed by atoms with Crippen molar-refractivity contribution in [1.29, 1.82) is 0 Å². The van der Waals surface area contributed by atoms with E-state index in [1.165, 1.54) is 0 Å². The Labute approximate surface area is 170 Å². The second-order valence-corrected chi connectivity index (χ2v) is 6.64. The van der Waals surface area contributed by atoms with Crippen LogP contribution in [-0.2, 0) is 4.74 Å². The van der Waals surface area contributed by atoms with Crippen molar-refractivity contribution < 1.29 is 19.4 Å². The highest BCUT2D eigenvalue weighted by Crippen LogP contribution is 2.21. The van der Waals surface area contributed by atoms with Gasteiger partial charge in [-0.3, -0.25) is 4.79 Å². The lowest BCUT2D eigenvalue weighted by Crippen LogP contribution is -2.30. The smallest absolute Gasteiger partial charge is 0.251 e. The summed E-state index contributed by atoms with van der Waals surface area (Å²) in [6.45, 7) is 2.46. The van der Waals surface area contributed by atoms with Gasteiger partial charge >= 0.3 is 0 Å². The van der Waals surface area contributed by atoms with E-state index >= 15 is 0 Å². The lowest BCUT2D eigenvalue weighted by molar-refractivity contribution is 0.0277. The minimum atomic E-state index is -0.326. The van der Waals surface area contributed by atoms with E-state index in [-0.39, 0.29) is 25.2 Å². The van der Waals surface area contributed by atoms with Crippen LogP contribution in [0.5, 0.6) is 11.5 Å². The van der Waals surface area contributed by atoms with E-state index in [4.69, 9.17) is 14.6 Å². The number of aliphatic hydroxyl groups excluding tert-OH is 1. The van der Waals surface area contributed by atoms with Crippen molar-refractivity contribution >= 4 is 5.91 Å². The summed E-state index contributed by atoms with van der Waals surface area (Å²) in [5.41, 5.74) is 2.64. The predicted molar refractivity (Wildman–Crippen MR) is 112 cm³/mol. The number of hydrogen-bond acceptors (Lipinski definition) is 4. The zero-order chi connectivity index (χ0) is 20.5. The molecule has 0 saturated carbocycles. The first-order chi connectivity index (χ1) is 14.2. The third-order valence-corrected chi connectivity index (χ3v) is 4.40. The molecule has 0 aliphatic heterocycles. The topological polar surface area (TPSA) is 67.8 Å². The highest BCUT2D eigenvalue weighted by Gasteiger charge is 2.14. The molecule has 5 heteroatoms. The number of carbonyl (C=O) groups excluding carboxylic acids is 1. The molecule has 29 heavy (non-hydrogen) atoms. The van der Waals surface area contributed by atoms with E-state index in [9.17, 15) is 4.79 Å². The summed E-state index contributed by atoms with van der Waals surface area (Å²) in [6, 6.07) is 24.4. The molecule has 3 aromatic carbocycles. The minimum Gasteiger partial charge on any atom is -0.457 e. The first-order valence-electron chi connectivity index (χ1n) is 9.56. The number of benzene rings is 3. The van der Waals surface area contributed by atoms with Gasteiger partial charge in [0.2, 0.25) is 0 Å². The van der Waals surface area contributed by atoms with Crippen molar-refractivity contribution in [3.63, 3.8) is 0 Å². The molecule has 0 heterocycles. The SMILES string of the molecule is Cc1ccc(C(CNC(=O)c2ccc(Oc3ccccc3)cc2)OCCO)cc1. The van der Waals surface area contributed by atoms with Gasteiger partial charge in [0.05, 0.1) is 19.3 Å². The molecule has 0 bridgehead atoms. The van der Waals surface area contributed by atoms with Gasteiger partial charge in [-0.15, -0.1) is 0 Å². The van der Waals surface area contributed by atoms with Crippen molar-refractivity contribution in [1.82, 2.24) is 5.32 Å². The van der Waals surface area contributed by atoms with E-state index < -0.39 is 0 Å². The van der Waals surface area contributed by atoms with Crippen LogP contribution in [0.4, 0.5) is 0 Å². The van der Waals surface area contributed by atoms with E-state index in [1.54, 1.807) is 24.3 Å². The van der Waals surface area contributed by atoms with Gasteiger partial charge in [-0.25, -0.2) is 0 Å². The Morgan fingerprint density at radius 2 is 1.59 bits per heavy atom. The van der Waals surface area contributed by atoms with Crippen LogP contribution in [0.3, 0.4) is 0 Å². The minimum absolute atomic E-state index is 0.0703. The van der Waals surface area contributed by atoms with Gasteiger partial charge in [0.15, 0.2) is 0 Å². The van der Waals surface area contributed by atoms with Crippen LogP contribution >= 0.6 is 0 Å². The van der Waals surface area contributed by atoms with Crippen molar-refractivity contribution in [2.24, 2.45) is 0 Å². The third kappa shape index (κ3) is 6.17. The predicted octanol–water partition coefficient (Wildman–Crippen LogP) is 4.27. The standard InChI is InChI=1S/C24H25NO4/c1-18-7-9-19(10-8-18)23(28-16-15-26)17-25-24(27)20-11-13-22(14-12-20)29-21-5-3-2-4-6-21/h2-14,23,26H,15-17H2,1H3,(H,25,27). The molecule has 1 unspecified atom stereocenters. The first kappa shape index (κ1) is 20.6. The van der Waals surface area contributed by atoms with Crippen LogP contribution in [0.1, 0.15) is 27.6 Å². The number of para-hydroxylation sites is 1. The number of ether oxygens (including phenoxy) is 2. The molecule has 2 N–H and O–H groups in total. The second-order valence-electron chi connectivity index (χ2n) is 6.64. The molecule has 5 nitrogen and oxygen atoms in total. The average Bonchev–Trinajstić information content (AvgIpc) is 2.76. The highest BCUT2D eigenvalue weighted by atomic mass is 16.5. The third-order valence-electron chi connectivity index (χ3n) is 4.40. The molecule has 0 radical (unpaired) electrons. The lowest BCUT2D eigenvalue weighted by atomic mass is 10.1. The molecule has 0 fully saturated rings. The molecule has 0 spiro atoms. The van der Waals surface area contributed by atoms with Gasteiger partial charge in [0.25, 0.3) is 5.91 Å². The fourth-order valence-electron chi connectivity index (χ4n) is 2.84. The zero-order valence-electron chi connectivity index (χ0n) is 16.4. The van der Waals surface area contributed by atoms with E-state index in [1.807, 2.05) is 61.5 Å². The number of nitrogens with one attached hydrogen (secondary N) is 1. The molecule has 0 saturated heterocycles. The number of amides is 1. The summed E-state index contributed by atoms with van der Waals surface area (Å²) in [6.07, 6.45) is -0.326. The normalized spacial score (nSPS) is 11.7. The van der Waals surface area contributed by atoms with Gasteiger partial charge in [0, 0.05) is 12.1 Å². The summed E-state index contributed by atoms with van der Waals surface area (Å²) in [5.74, 6) is 1.21. The first-order valence-corrected chi connectivity index (χ1v) is 9.56. The van der Waals surface area contributed by atoms with Gasteiger partial charge in [0.1, 0.15) is 11.5 Å². The molecule has 0 aliphatic carbocycles. The molecular weight excluding hydrogens is 366 g/mol. The Morgan fingerprint density at radius 1 is 0.931 bits per heavy atom. The highest BCUT2D eigenvalue weighted by molar-refractivity contribution is 5.94. The largest absolute Gasteiger partial charge is 0.457 e. The molecule has 1 atom stereocenters. The zero-order valence-corrected chi connectivity index (χ0v) is 16.4. The molecule has 0 aliphatic rings. The van der Waals surface area contributed by atoms with Crippen LogP contribution in [0.15, 0.2) is 78.9 Å². The molecular formula is C24H25NO4. The summed E-state index contributed by atoms with van der Waals surface area (Å²) in [7, 11) is 0. The molecule has 0 aromatic heterocycles. The quantitative estimate of drug-likeness (QED) is 0.572. The second kappa shape index (κ2) is 10.4. The van der Waals surface area contributed by atoms with Crippen LogP contribution < -0.4 is 10.1 Å². The Bertz CT molecular complexity index is 892. The Kier molecular flexibility index (Phi) is 7.39. The number of aryl methyl sites for hydroxylation is 1. The summed E-state index contributed by atoms with van der Waals surface area (Å²) >= 11 is 0. The number of hydrogen-bond donors (Lipinski definition) is 2. The Balaban J connectivity index is 1.59. The molecule has 1 amide bonds.